The minimum absolute atomic E-state index is 0.370. The highest BCUT2D eigenvalue weighted by molar-refractivity contribution is 5.08. The van der Waals surface area contributed by atoms with Gasteiger partial charge < -0.3 is 0 Å². The molecule has 0 amide bonds. The van der Waals surface area contributed by atoms with Gasteiger partial charge in [-0.15, -0.1) is 0 Å². The Bertz CT molecular complexity index is 184. The second-order valence-electron chi connectivity index (χ2n) is 3.08. The molecule has 0 aliphatic heterocycles. The van der Waals surface area contributed by atoms with Crippen molar-refractivity contribution in [1.82, 2.24) is 9.80 Å². The molecule has 0 aromatic rings. The summed E-state index contributed by atoms with van der Waals surface area (Å²) in [6.07, 6.45) is 0. The van der Waals surface area contributed by atoms with Gasteiger partial charge in [0.05, 0.1) is 12.1 Å². The molecule has 12 heavy (non-hydrogen) atoms. The summed E-state index contributed by atoms with van der Waals surface area (Å²) in [6.45, 7) is 0. The number of likely N-dealkylation sites (N-methyl/N-ethyl adjacent to an activating group) is 2. The van der Waals surface area contributed by atoms with Crippen LogP contribution in [0, 0.1) is 22.7 Å². The van der Waals surface area contributed by atoms with Gasteiger partial charge in [0.15, 0.2) is 0 Å². The van der Waals surface area contributed by atoms with E-state index in [1.807, 2.05) is 0 Å². The molecule has 0 bridgehead atoms. The Morgan fingerprint density at radius 2 is 1.08 bits per heavy atom. The Labute approximate surface area is 73.6 Å². The van der Waals surface area contributed by atoms with Crippen molar-refractivity contribution in [3.63, 3.8) is 0 Å². The Hall–Kier alpha value is -1.10. The first-order valence-corrected chi connectivity index (χ1v) is 3.66. The maximum atomic E-state index is 8.78. The lowest BCUT2D eigenvalue weighted by Gasteiger charge is -2.26. The molecule has 2 atom stereocenters. The van der Waals surface area contributed by atoms with E-state index in [0.29, 0.717) is 0 Å². The van der Waals surface area contributed by atoms with Crippen molar-refractivity contribution in [1.29, 1.82) is 10.5 Å². The van der Waals surface area contributed by atoms with Crippen molar-refractivity contribution in [2.75, 3.05) is 28.2 Å². The third kappa shape index (κ3) is 2.50. The number of rotatable bonds is 3. The van der Waals surface area contributed by atoms with Gasteiger partial charge in [0, 0.05) is 0 Å². The molecule has 0 spiro atoms. The minimum Gasteiger partial charge on any atom is -0.292 e. The lowest BCUT2D eigenvalue weighted by Crippen LogP contribution is -2.45. The number of hydrogen-bond acceptors (Lipinski definition) is 4. The lowest BCUT2D eigenvalue weighted by atomic mass is 10.1. The Morgan fingerprint density at radius 3 is 1.17 bits per heavy atom. The van der Waals surface area contributed by atoms with Crippen LogP contribution in [0.2, 0.25) is 0 Å². The number of nitriles is 2. The normalized spacial score (nSPS) is 15.3. The van der Waals surface area contributed by atoms with Gasteiger partial charge in [-0.25, -0.2) is 0 Å². The standard InChI is InChI=1S/C8H14N4/c1-11(2)7(5-9)8(6-10)12(3)4/h7-8H,1-4H3/t7-,8-/m0/s1. The topological polar surface area (TPSA) is 54.1 Å². The van der Waals surface area contributed by atoms with Crippen molar-refractivity contribution in [2.45, 2.75) is 12.1 Å². The minimum atomic E-state index is -0.370. The van der Waals surface area contributed by atoms with Crippen LogP contribution in [-0.2, 0) is 0 Å². The van der Waals surface area contributed by atoms with Gasteiger partial charge in [0.1, 0.15) is 12.1 Å². The molecule has 4 heteroatoms. The molecule has 0 aromatic heterocycles. The summed E-state index contributed by atoms with van der Waals surface area (Å²) in [6, 6.07) is 3.45. The van der Waals surface area contributed by atoms with Crippen LogP contribution >= 0.6 is 0 Å². The summed E-state index contributed by atoms with van der Waals surface area (Å²) in [5.41, 5.74) is 0. The maximum Gasteiger partial charge on any atom is 0.126 e. The van der Waals surface area contributed by atoms with Gasteiger partial charge >= 0.3 is 0 Å². The highest BCUT2D eigenvalue weighted by atomic mass is 15.2. The van der Waals surface area contributed by atoms with Crippen LogP contribution in [0.1, 0.15) is 0 Å². The van der Waals surface area contributed by atoms with Gasteiger partial charge in [-0.2, -0.15) is 10.5 Å². The lowest BCUT2D eigenvalue weighted by molar-refractivity contribution is 0.226. The first-order chi connectivity index (χ1) is 5.54. The summed E-state index contributed by atoms with van der Waals surface area (Å²) >= 11 is 0. The molecule has 0 aromatic carbocycles. The molecule has 0 saturated carbocycles. The molecular weight excluding hydrogens is 152 g/mol. The summed E-state index contributed by atoms with van der Waals surface area (Å²) in [5.74, 6) is 0. The Kier molecular flexibility index (Phi) is 4.28. The van der Waals surface area contributed by atoms with Crippen LogP contribution in [0.25, 0.3) is 0 Å². The zero-order valence-electron chi connectivity index (χ0n) is 7.94. The monoisotopic (exact) mass is 166 g/mol. The fourth-order valence-electron chi connectivity index (χ4n) is 0.937. The molecule has 0 aliphatic rings. The van der Waals surface area contributed by atoms with E-state index >= 15 is 0 Å². The molecule has 0 N–H and O–H groups in total. The Balaban J connectivity index is 4.51. The highest BCUT2D eigenvalue weighted by Crippen LogP contribution is 2.03. The first kappa shape index (κ1) is 10.9. The molecule has 0 saturated heterocycles. The second-order valence-corrected chi connectivity index (χ2v) is 3.08. The van der Waals surface area contributed by atoms with E-state index in [0.717, 1.165) is 0 Å². The van der Waals surface area contributed by atoms with Crippen molar-refractivity contribution in [3.05, 3.63) is 0 Å². The summed E-state index contributed by atoms with van der Waals surface area (Å²) in [4.78, 5) is 3.49. The van der Waals surface area contributed by atoms with Crippen molar-refractivity contribution in [3.8, 4) is 12.1 Å². The predicted molar refractivity (Wildman–Crippen MR) is 46.2 cm³/mol. The third-order valence-electron chi connectivity index (χ3n) is 1.68. The largest absolute Gasteiger partial charge is 0.292 e. The summed E-state index contributed by atoms with van der Waals surface area (Å²) in [7, 11) is 7.17. The van der Waals surface area contributed by atoms with Crippen LogP contribution in [0.3, 0.4) is 0 Å². The summed E-state index contributed by atoms with van der Waals surface area (Å²) < 4.78 is 0. The van der Waals surface area contributed by atoms with Gasteiger partial charge in [-0.05, 0) is 28.2 Å². The van der Waals surface area contributed by atoms with Crippen LogP contribution in [0.5, 0.6) is 0 Å². The van der Waals surface area contributed by atoms with E-state index < -0.39 is 0 Å². The van der Waals surface area contributed by atoms with Crippen LogP contribution in [-0.4, -0.2) is 50.1 Å². The molecule has 0 unspecified atom stereocenters. The van der Waals surface area contributed by atoms with E-state index in [4.69, 9.17) is 10.5 Å². The van der Waals surface area contributed by atoms with Crippen LogP contribution in [0.15, 0.2) is 0 Å². The predicted octanol–water partition coefficient (Wildman–Crippen LogP) is -0.106. The quantitative estimate of drug-likeness (QED) is 0.587. The molecule has 0 radical (unpaired) electrons. The first-order valence-electron chi connectivity index (χ1n) is 3.66. The molecule has 0 aliphatic carbocycles. The zero-order valence-corrected chi connectivity index (χ0v) is 7.94. The van der Waals surface area contributed by atoms with Gasteiger partial charge in [-0.3, -0.25) is 9.80 Å². The van der Waals surface area contributed by atoms with E-state index in [1.54, 1.807) is 38.0 Å². The van der Waals surface area contributed by atoms with Crippen molar-refractivity contribution >= 4 is 0 Å². The summed E-state index contributed by atoms with van der Waals surface area (Å²) in [5, 5.41) is 17.6. The third-order valence-corrected chi connectivity index (χ3v) is 1.68. The average molecular weight is 166 g/mol. The fraction of sp³-hybridized carbons (Fsp3) is 0.750. The highest BCUT2D eigenvalue weighted by Gasteiger charge is 2.24. The number of nitrogens with zero attached hydrogens (tertiary/aromatic N) is 4. The maximum absolute atomic E-state index is 8.78. The molecular formula is C8H14N4. The molecule has 66 valence electrons. The van der Waals surface area contributed by atoms with Crippen molar-refractivity contribution < 1.29 is 0 Å². The second kappa shape index (κ2) is 4.71. The Morgan fingerprint density at radius 1 is 0.833 bits per heavy atom. The molecule has 0 rings (SSSR count). The van der Waals surface area contributed by atoms with E-state index in [9.17, 15) is 0 Å². The van der Waals surface area contributed by atoms with Gasteiger partial charge in [0.2, 0.25) is 0 Å². The molecule has 0 heterocycles. The van der Waals surface area contributed by atoms with E-state index in [1.165, 1.54) is 0 Å². The van der Waals surface area contributed by atoms with E-state index in [2.05, 4.69) is 12.1 Å². The average Bonchev–Trinajstić information content (AvgIpc) is 1.98. The fourth-order valence-corrected chi connectivity index (χ4v) is 0.937. The molecule has 0 fully saturated rings. The SMILES string of the molecule is CN(C)[C@@H](C#N)[C@H](C#N)N(C)C. The number of hydrogen-bond donors (Lipinski definition) is 0. The smallest absolute Gasteiger partial charge is 0.126 e. The van der Waals surface area contributed by atoms with Gasteiger partial charge in [0.25, 0.3) is 0 Å². The van der Waals surface area contributed by atoms with Crippen molar-refractivity contribution in [2.24, 2.45) is 0 Å². The van der Waals surface area contributed by atoms with Crippen LogP contribution < -0.4 is 0 Å². The zero-order chi connectivity index (χ0) is 9.72. The molecule has 4 nitrogen and oxygen atoms in total. The van der Waals surface area contributed by atoms with E-state index in [-0.39, 0.29) is 12.1 Å². The van der Waals surface area contributed by atoms with Gasteiger partial charge in [-0.1, -0.05) is 0 Å². The van der Waals surface area contributed by atoms with Crippen LogP contribution in [0.4, 0.5) is 0 Å².